The van der Waals surface area contributed by atoms with Gasteiger partial charge in [-0.1, -0.05) is 38.5 Å². The van der Waals surface area contributed by atoms with Crippen molar-refractivity contribution in [2.45, 2.75) is 31.5 Å². The largest absolute Gasteiger partial charge is 0.374 e. The Morgan fingerprint density at radius 2 is 2.06 bits per heavy atom. The summed E-state index contributed by atoms with van der Waals surface area (Å²) in [5, 5.41) is 7.31. The van der Waals surface area contributed by atoms with E-state index in [0.717, 1.165) is 17.8 Å². The van der Waals surface area contributed by atoms with Gasteiger partial charge in [0.05, 0.1) is 0 Å². The second kappa shape index (κ2) is 5.74. The predicted molar refractivity (Wildman–Crippen MR) is 68.2 cm³/mol. The quantitative estimate of drug-likeness (QED) is 0.844. The van der Waals surface area contributed by atoms with Crippen molar-refractivity contribution >= 4 is 26.5 Å². The first-order valence-electron chi connectivity index (χ1n) is 5.50. The van der Waals surface area contributed by atoms with E-state index in [-0.39, 0.29) is 9.47 Å². The fourth-order valence-corrected chi connectivity index (χ4v) is 3.80. The SMILES string of the molecule is CCC(C)CN(CC)S(=O)(=O)c1nnc(N)s1. The Bertz CT molecular complexity index is 457. The third kappa shape index (κ3) is 3.36. The van der Waals surface area contributed by atoms with Crippen LogP contribution in [0.3, 0.4) is 0 Å². The number of aromatic nitrogens is 2. The Morgan fingerprint density at radius 3 is 2.47 bits per heavy atom. The van der Waals surface area contributed by atoms with Gasteiger partial charge in [0.1, 0.15) is 0 Å². The number of rotatable bonds is 6. The average Bonchev–Trinajstić information content (AvgIpc) is 2.72. The normalized spacial score (nSPS) is 14.1. The van der Waals surface area contributed by atoms with E-state index in [0.29, 0.717) is 19.0 Å². The Kier molecular flexibility index (Phi) is 4.84. The summed E-state index contributed by atoms with van der Waals surface area (Å²) in [6, 6.07) is 0. The number of nitrogen functional groups attached to an aromatic ring is 1. The molecule has 98 valence electrons. The second-order valence-corrected chi connectivity index (χ2v) is 7.00. The Hall–Kier alpha value is -0.730. The zero-order chi connectivity index (χ0) is 13.1. The summed E-state index contributed by atoms with van der Waals surface area (Å²) in [6.07, 6.45) is 0.935. The summed E-state index contributed by atoms with van der Waals surface area (Å²) >= 11 is 0.899. The summed E-state index contributed by atoms with van der Waals surface area (Å²) < 4.78 is 25.8. The topological polar surface area (TPSA) is 89.2 Å². The average molecular weight is 278 g/mol. The zero-order valence-corrected chi connectivity index (χ0v) is 11.9. The molecule has 0 amide bonds. The number of hydrogen-bond donors (Lipinski definition) is 1. The summed E-state index contributed by atoms with van der Waals surface area (Å²) in [5.41, 5.74) is 5.41. The first-order chi connectivity index (χ1) is 7.91. The van der Waals surface area contributed by atoms with E-state index in [4.69, 9.17) is 5.73 Å². The summed E-state index contributed by atoms with van der Waals surface area (Å²) in [4.78, 5) is 0. The molecule has 0 aromatic carbocycles. The van der Waals surface area contributed by atoms with Gasteiger partial charge in [0.2, 0.25) is 9.47 Å². The molecule has 0 aliphatic rings. The van der Waals surface area contributed by atoms with Crippen LogP contribution in [0.25, 0.3) is 0 Å². The maximum atomic E-state index is 12.2. The van der Waals surface area contributed by atoms with Gasteiger partial charge in [0.15, 0.2) is 0 Å². The van der Waals surface area contributed by atoms with Crippen molar-refractivity contribution < 1.29 is 8.42 Å². The molecule has 0 aliphatic heterocycles. The van der Waals surface area contributed by atoms with Crippen LogP contribution >= 0.6 is 11.3 Å². The monoisotopic (exact) mass is 278 g/mol. The number of anilines is 1. The van der Waals surface area contributed by atoms with Crippen LogP contribution in [0, 0.1) is 5.92 Å². The van der Waals surface area contributed by atoms with Crippen LogP contribution in [0.15, 0.2) is 4.34 Å². The molecule has 1 heterocycles. The van der Waals surface area contributed by atoms with Gasteiger partial charge >= 0.3 is 0 Å². The highest BCUT2D eigenvalue weighted by molar-refractivity contribution is 7.91. The van der Waals surface area contributed by atoms with Crippen molar-refractivity contribution in [3.8, 4) is 0 Å². The molecule has 1 rings (SSSR count). The van der Waals surface area contributed by atoms with Crippen LogP contribution in [-0.4, -0.2) is 36.0 Å². The highest BCUT2D eigenvalue weighted by Gasteiger charge is 2.27. The molecule has 1 unspecified atom stereocenters. The molecule has 0 saturated carbocycles. The Balaban J connectivity index is 2.94. The van der Waals surface area contributed by atoms with Gasteiger partial charge in [-0.05, 0) is 5.92 Å². The third-order valence-corrected chi connectivity index (χ3v) is 5.59. The molecule has 0 spiro atoms. The van der Waals surface area contributed by atoms with E-state index in [1.165, 1.54) is 4.31 Å². The zero-order valence-electron chi connectivity index (χ0n) is 10.3. The van der Waals surface area contributed by atoms with Crippen molar-refractivity contribution in [2.75, 3.05) is 18.8 Å². The van der Waals surface area contributed by atoms with E-state index >= 15 is 0 Å². The van der Waals surface area contributed by atoms with Gasteiger partial charge in [-0.2, -0.15) is 4.31 Å². The third-order valence-electron chi connectivity index (χ3n) is 2.55. The van der Waals surface area contributed by atoms with Gasteiger partial charge in [-0.15, -0.1) is 10.2 Å². The van der Waals surface area contributed by atoms with E-state index in [2.05, 4.69) is 10.2 Å². The van der Waals surface area contributed by atoms with Gasteiger partial charge in [0, 0.05) is 13.1 Å². The fraction of sp³-hybridized carbons (Fsp3) is 0.778. The standard InChI is InChI=1S/C9H18N4O2S2/c1-4-7(3)6-13(5-2)17(14,15)9-12-11-8(10)16-9/h7H,4-6H2,1-3H3,(H2,10,11). The van der Waals surface area contributed by atoms with E-state index < -0.39 is 10.0 Å². The molecule has 0 bridgehead atoms. The number of sulfonamides is 1. The minimum absolute atomic E-state index is 0.0276. The molecular weight excluding hydrogens is 260 g/mol. The molecule has 6 nitrogen and oxygen atoms in total. The lowest BCUT2D eigenvalue weighted by atomic mass is 10.1. The van der Waals surface area contributed by atoms with Crippen LogP contribution in [0.1, 0.15) is 27.2 Å². The highest BCUT2D eigenvalue weighted by atomic mass is 32.2. The van der Waals surface area contributed by atoms with Gasteiger partial charge in [0.25, 0.3) is 10.0 Å². The minimum Gasteiger partial charge on any atom is -0.374 e. The summed E-state index contributed by atoms with van der Waals surface area (Å²) in [6.45, 7) is 6.78. The molecule has 0 radical (unpaired) electrons. The maximum absolute atomic E-state index is 12.2. The first kappa shape index (κ1) is 14.3. The van der Waals surface area contributed by atoms with Gasteiger partial charge < -0.3 is 5.73 Å². The van der Waals surface area contributed by atoms with Crippen LogP contribution in [-0.2, 0) is 10.0 Å². The molecule has 17 heavy (non-hydrogen) atoms. The van der Waals surface area contributed by atoms with Crippen LogP contribution in [0.2, 0.25) is 0 Å². The Labute approximate surface area is 106 Å². The first-order valence-corrected chi connectivity index (χ1v) is 7.76. The van der Waals surface area contributed by atoms with Gasteiger partial charge in [-0.25, -0.2) is 8.42 Å². The van der Waals surface area contributed by atoms with E-state index in [1.807, 2.05) is 20.8 Å². The van der Waals surface area contributed by atoms with Crippen LogP contribution in [0.4, 0.5) is 5.13 Å². The lowest BCUT2D eigenvalue weighted by Gasteiger charge is -2.21. The highest BCUT2D eigenvalue weighted by Crippen LogP contribution is 2.22. The van der Waals surface area contributed by atoms with E-state index in [9.17, 15) is 8.42 Å². The Morgan fingerprint density at radius 1 is 1.41 bits per heavy atom. The molecule has 1 aromatic heterocycles. The number of hydrogen-bond acceptors (Lipinski definition) is 6. The molecule has 0 aliphatic carbocycles. The second-order valence-electron chi connectivity index (χ2n) is 3.88. The predicted octanol–water partition coefficient (Wildman–Crippen LogP) is 1.18. The molecule has 2 N–H and O–H groups in total. The molecule has 0 fully saturated rings. The lowest BCUT2D eigenvalue weighted by Crippen LogP contribution is -2.34. The number of nitrogens with zero attached hydrogens (tertiary/aromatic N) is 3. The lowest BCUT2D eigenvalue weighted by molar-refractivity contribution is 0.361. The van der Waals surface area contributed by atoms with Gasteiger partial charge in [-0.3, -0.25) is 0 Å². The van der Waals surface area contributed by atoms with E-state index in [1.54, 1.807) is 0 Å². The van der Waals surface area contributed by atoms with Crippen molar-refractivity contribution in [1.29, 1.82) is 0 Å². The molecule has 8 heteroatoms. The van der Waals surface area contributed by atoms with Crippen molar-refractivity contribution in [1.82, 2.24) is 14.5 Å². The summed E-state index contributed by atoms with van der Waals surface area (Å²) in [7, 11) is -3.54. The van der Waals surface area contributed by atoms with Crippen molar-refractivity contribution in [3.63, 3.8) is 0 Å². The maximum Gasteiger partial charge on any atom is 0.272 e. The van der Waals surface area contributed by atoms with Crippen LogP contribution < -0.4 is 5.73 Å². The summed E-state index contributed by atoms with van der Waals surface area (Å²) in [5.74, 6) is 0.315. The molecule has 0 saturated heterocycles. The molecular formula is C9H18N4O2S2. The van der Waals surface area contributed by atoms with Crippen molar-refractivity contribution in [3.05, 3.63) is 0 Å². The molecule has 1 aromatic rings. The minimum atomic E-state index is -3.54. The number of nitrogens with two attached hydrogens (primary N) is 1. The van der Waals surface area contributed by atoms with Crippen molar-refractivity contribution in [2.24, 2.45) is 5.92 Å². The smallest absolute Gasteiger partial charge is 0.272 e. The van der Waals surface area contributed by atoms with Crippen LogP contribution in [0.5, 0.6) is 0 Å². The molecule has 1 atom stereocenters. The fourth-order valence-electron chi connectivity index (χ4n) is 1.31.